The van der Waals surface area contributed by atoms with E-state index in [1.165, 1.54) is 7.11 Å². The standard InChI is InChI=1S/C25H23N2O3PS/c1-30-31(29,24-8-3-2-4-9-24)17-19-10-12-20(13-11-19)25(28)27(26)23-7-5-6-21(16-23)22-14-15-32-18-22/h2-16,18H,17,26H2,1H3. The summed E-state index contributed by atoms with van der Waals surface area (Å²) in [5.74, 6) is 5.83. The number of nitrogens with two attached hydrogens (primary N) is 1. The van der Waals surface area contributed by atoms with Crippen molar-refractivity contribution in [3.05, 3.63) is 107 Å². The maximum atomic E-state index is 13.3. The van der Waals surface area contributed by atoms with E-state index in [1.807, 2.05) is 47.8 Å². The van der Waals surface area contributed by atoms with Crippen LogP contribution in [0.4, 0.5) is 5.69 Å². The van der Waals surface area contributed by atoms with E-state index in [0.717, 1.165) is 21.7 Å². The second-order valence-electron chi connectivity index (χ2n) is 7.28. The molecule has 7 heteroatoms. The first kappa shape index (κ1) is 22.2. The first-order chi connectivity index (χ1) is 15.5. The van der Waals surface area contributed by atoms with Gasteiger partial charge in [0.25, 0.3) is 5.91 Å². The van der Waals surface area contributed by atoms with Crippen molar-refractivity contribution in [1.82, 2.24) is 0 Å². The number of thiophene rings is 1. The molecule has 0 radical (unpaired) electrons. The van der Waals surface area contributed by atoms with Crippen LogP contribution in [0.25, 0.3) is 11.1 Å². The molecule has 0 spiro atoms. The summed E-state index contributed by atoms with van der Waals surface area (Å²) in [6.45, 7) is 0. The molecular weight excluding hydrogens is 439 g/mol. The van der Waals surface area contributed by atoms with E-state index in [4.69, 9.17) is 10.4 Å². The molecule has 3 aromatic carbocycles. The van der Waals surface area contributed by atoms with Crippen LogP contribution in [0.15, 0.2) is 95.7 Å². The van der Waals surface area contributed by atoms with Gasteiger partial charge < -0.3 is 4.52 Å². The Hall–Kier alpha value is -3.02. The third-order valence-corrected chi connectivity index (χ3v) is 8.37. The fourth-order valence-corrected chi connectivity index (χ4v) is 5.94. The van der Waals surface area contributed by atoms with Crippen molar-refractivity contribution in [1.29, 1.82) is 0 Å². The molecule has 5 nitrogen and oxygen atoms in total. The topological polar surface area (TPSA) is 72.6 Å². The van der Waals surface area contributed by atoms with Gasteiger partial charge in [0, 0.05) is 18.0 Å². The minimum atomic E-state index is -3.03. The predicted octanol–water partition coefficient (Wildman–Crippen LogP) is 5.69. The molecule has 4 aromatic rings. The fourth-order valence-electron chi connectivity index (χ4n) is 3.43. The normalized spacial score (nSPS) is 12.8. The van der Waals surface area contributed by atoms with E-state index in [0.29, 0.717) is 16.6 Å². The zero-order valence-electron chi connectivity index (χ0n) is 17.5. The Balaban J connectivity index is 1.51. The average Bonchev–Trinajstić information content (AvgIpc) is 3.39. The molecule has 1 heterocycles. The van der Waals surface area contributed by atoms with Gasteiger partial charge in [0.2, 0.25) is 7.37 Å². The van der Waals surface area contributed by atoms with Gasteiger partial charge in [-0.3, -0.25) is 9.36 Å². The van der Waals surface area contributed by atoms with Crippen molar-refractivity contribution in [2.24, 2.45) is 5.84 Å². The van der Waals surface area contributed by atoms with E-state index in [1.54, 1.807) is 53.8 Å². The first-order valence-corrected chi connectivity index (χ1v) is 12.8. The number of rotatable bonds is 7. The molecular formula is C25H23N2O3PS. The van der Waals surface area contributed by atoms with Crippen LogP contribution in [0.5, 0.6) is 0 Å². The molecule has 0 aliphatic rings. The Kier molecular flexibility index (Phi) is 6.68. The van der Waals surface area contributed by atoms with E-state index >= 15 is 0 Å². The molecule has 1 amide bonds. The third-order valence-electron chi connectivity index (χ3n) is 5.23. The molecule has 0 aliphatic heterocycles. The number of hydrazine groups is 1. The summed E-state index contributed by atoms with van der Waals surface area (Å²) in [5, 5.41) is 5.87. The Bertz CT molecular complexity index is 1240. The van der Waals surface area contributed by atoms with Gasteiger partial charge in [-0.2, -0.15) is 11.3 Å². The molecule has 0 aliphatic carbocycles. The van der Waals surface area contributed by atoms with Crippen molar-refractivity contribution in [2.75, 3.05) is 12.1 Å². The second kappa shape index (κ2) is 9.63. The lowest BCUT2D eigenvalue weighted by atomic mass is 10.1. The van der Waals surface area contributed by atoms with Crippen LogP contribution in [-0.2, 0) is 15.3 Å². The minimum absolute atomic E-state index is 0.247. The molecule has 0 saturated heterocycles. The summed E-state index contributed by atoms with van der Waals surface area (Å²) in [6.07, 6.45) is 0.247. The molecule has 2 N–H and O–H groups in total. The van der Waals surface area contributed by atoms with E-state index in [-0.39, 0.29) is 12.1 Å². The second-order valence-corrected chi connectivity index (χ2v) is 10.6. The highest BCUT2D eigenvalue weighted by Crippen LogP contribution is 2.48. The number of amides is 1. The lowest BCUT2D eigenvalue weighted by molar-refractivity contribution is 0.0987. The number of hydrogen-bond donors (Lipinski definition) is 1. The zero-order valence-corrected chi connectivity index (χ0v) is 19.3. The highest BCUT2D eigenvalue weighted by Gasteiger charge is 2.25. The van der Waals surface area contributed by atoms with Crippen LogP contribution in [0.3, 0.4) is 0 Å². The van der Waals surface area contributed by atoms with Crippen molar-refractivity contribution < 1.29 is 13.9 Å². The van der Waals surface area contributed by atoms with Crippen molar-refractivity contribution in [3.63, 3.8) is 0 Å². The smallest absolute Gasteiger partial charge is 0.272 e. The summed E-state index contributed by atoms with van der Waals surface area (Å²) in [4.78, 5) is 12.9. The first-order valence-electron chi connectivity index (χ1n) is 10.0. The van der Waals surface area contributed by atoms with Gasteiger partial charge in [-0.15, -0.1) is 0 Å². The van der Waals surface area contributed by atoms with Crippen molar-refractivity contribution in [2.45, 2.75) is 6.16 Å². The van der Waals surface area contributed by atoms with Gasteiger partial charge >= 0.3 is 0 Å². The number of nitrogens with zero attached hydrogens (tertiary/aromatic N) is 1. The molecule has 1 unspecified atom stereocenters. The molecule has 0 saturated carbocycles. The van der Waals surface area contributed by atoms with Gasteiger partial charge in [-0.1, -0.05) is 42.5 Å². The minimum Gasteiger partial charge on any atom is -0.328 e. The molecule has 32 heavy (non-hydrogen) atoms. The molecule has 1 aromatic heterocycles. The third kappa shape index (κ3) is 4.74. The average molecular weight is 463 g/mol. The molecule has 1 atom stereocenters. The SMILES string of the molecule is COP(=O)(Cc1ccc(C(=O)N(N)c2cccc(-c3ccsc3)c2)cc1)c1ccccc1. The van der Waals surface area contributed by atoms with Gasteiger partial charge in [0.15, 0.2) is 0 Å². The van der Waals surface area contributed by atoms with E-state index < -0.39 is 7.37 Å². The van der Waals surface area contributed by atoms with Gasteiger partial charge in [-0.05, 0) is 69.9 Å². The summed E-state index contributed by atoms with van der Waals surface area (Å²) in [5.41, 5.74) is 3.96. The van der Waals surface area contributed by atoms with Gasteiger partial charge in [0.05, 0.1) is 11.8 Å². The van der Waals surface area contributed by atoms with Crippen molar-refractivity contribution in [3.8, 4) is 11.1 Å². The number of hydrogen-bond acceptors (Lipinski definition) is 5. The van der Waals surface area contributed by atoms with Gasteiger partial charge in [-0.25, -0.2) is 10.9 Å². The van der Waals surface area contributed by atoms with Crippen LogP contribution in [0, 0.1) is 0 Å². The van der Waals surface area contributed by atoms with Gasteiger partial charge in [0.1, 0.15) is 0 Å². The maximum Gasteiger partial charge on any atom is 0.272 e. The van der Waals surface area contributed by atoms with Crippen LogP contribution >= 0.6 is 18.7 Å². The molecule has 0 bridgehead atoms. The van der Waals surface area contributed by atoms with Crippen LogP contribution in [-0.4, -0.2) is 13.0 Å². The Morgan fingerprint density at radius 1 is 0.969 bits per heavy atom. The predicted molar refractivity (Wildman–Crippen MR) is 132 cm³/mol. The van der Waals surface area contributed by atoms with Crippen molar-refractivity contribution >= 4 is 35.6 Å². The maximum absolute atomic E-state index is 13.3. The monoisotopic (exact) mass is 462 g/mol. The number of carbonyl (C=O) groups is 1. The van der Waals surface area contributed by atoms with E-state index in [9.17, 15) is 9.36 Å². The fraction of sp³-hybridized carbons (Fsp3) is 0.0800. The Labute approximate surface area is 191 Å². The largest absolute Gasteiger partial charge is 0.328 e. The van der Waals surface area contributed by atoms with Crippen LogP contribution in [0.2, 0.25) is 0 Å². The summed E-state index contributed by atoms with van der Waals surface area (Å²) >= 11 is 1.62. The molecule has 0 fully saturated rings. The number of anilines is 1. The summed E-state index contributed by atoms with van der Waals surface area (Å²) < 4.78 is 18.7. The number of benzene rings is 3. The summed E-state index contributed by atoms with van der Waals surface area (Å²) in [6, 6.07) is 25.7. The Morgan fingerprint density at radius 2 is 1.72 bits per heavy atom. The highest BCUT2D eigenvalue weighted by atomic mass is 32.1. The lowest BCUT2D eigenvalue weighted by Gasteiger charge is -2.19. The quantitative estimate of drug-likeness (QED) is 0.166. The Morgan fingerprint density at radius 3 is 2.38 bits per heavy atom. The van der Waals surface area contributed by atoms with Crippen LogP contribution < -0.4 is 16.2 Å². The van der Waals surface area contributed by atoms with Crippen LogP contribution in [0.1, 0.15) is 15.9 Å². The molecule has 4 rings (SSSR count). The zero-order chi connectivity index (χ0) is 22.6. The highest BCUT2D eigenvalue weighted by molar-refractivity contribution is 7.66. The number of carbonyl (C=O) groups excluding carboxylic acids is 1. The summed E-state index contributed by atoms with van der Waals surface area (Å²) in [7, 11) is -1.57. The molecule has 162 valence electrons. The van der Waals surface area contributed by atoms with E-state index in [2.05, 4.69) is 5.38 Å². The lowest BCUT2D eigenvalue weighted by Crippen LogP contribution is -2.37.